The average molecular weight is 281 g/mol. The molecule has 1 unspecified atom stereocenters. The molecule has 2 aliphatic carbocycles. The van der Waals surface area contributed by atoms with Crippen molar-refractivity contribution in [3.05, 3.63) is 0 Å². The van der Waals surface area contributed by atoms with Gasteiger partial charge in [-0.15, -0.1) is 0 Å². The van der Waals surface area contributed by atoms with Crippen LogP contribution in [0.1, 0.15) is 58.8 Å². The molecule has 0 aromatic carbocycles. The quantitative estimate of drug-likeness (QED) is 0.862. The van der Waals surface area contributed by atoms with Crippen molar-refractivity contribution in [1.29, 1.82) is 0 Å². The molecule has 114 valence electrons. The number of hydrogen-bond acceptors (Lipinski definition) is 2. The number of hydrogen-bond donors (Lipinski definition) is 1. The Bertz CT molecular complexity index is 363. The Balaban J connectivity index is 2.08. The first-order chi connectivity index (χ1) is 9.54. The molecule has 0 spiro atoms. The Morgan fingerprint density at radius 2 is 1.70 bits per heavy atom. The summed E-state index contributed by atoms with van der Waals surface area (Å²) in [6.07, 6.45) is 7.20. The van der Waals surface area contributed by atoms with Crippen LogP contribution >= 0.6 is 0 Å². The van der Waals surface area contributed by atoms with Gasteiger partial charge in [-0.3, -0.25) is 9.59 Å². The minimum absolute atomic E-state index is 0.0937. The van der Waals surface area contributed by atoms with E-state index in [9.17, 15) is 14.7 Å². The first-order valence-electron chi connectivity index (χ1n) is 8.07. The van der Waals surface area contributed by atoms with E-state index >= 15 is 0 Å². The summed E-state index contributed by atoms with van der Waals surface area (Å²) in [5.74, 6) is -1.14. The molecule has 0 bridgehead atoms. The van der Waals surface area contributed by atoms with Gasteiger partial charge in [-0.2, -0.15) is 0 Å². The third kappa shape index (κ3) is 3.15. The number of amides is 1. The zero-order chi connectivity index (χ0) is 14.7. The molecular formula is C16H27NO3. The molecule has 0 aromatic heterocycles. The third-order valence-electron chi connectivity index (χ3n) is 5.07. The second-order valence-corrected chi connectivity index (χ2v) is 6.54. The van der Waals surface area contributed by atoms with Crippen molar-refractivity contribution in [2.45, 2.75) is 64.8 Å². The fourth-order valence-electron chi connectivity index (χ4n) is 4.04. The first-order valence-corrected chi connectivity index (χ1v) is 8.07. The number of carbonyl (C=O) groups excluding carboxylic acids is 1. The second kappa shape index (κ2) is 6.59. The molecular weight excluding hydrogens is 254 g/mol. The monoisotopic (exact) mass is 281 g/mol. The molecule has 2 fully saturated rings. The van der Waals surface area contributed by atoms with E-state index in [-0.39, 0.29) is 11.8 Å². The molecule has 3 atom stereocenters. The van der Waals surface area contributed by atoms with Gasteiger partial charge in [-0.1, -0.05) is 26.2 Å². The van der Waals surface area contributed by atoms with E-state index in [0.29, 0.717) is 24.9 Å². The van der Waals surface area contributed by atoms with Gasteiger partial charge in [0.1, 0.15) is 0 Å². The Kier molecular flexibility index (Phi) is 5.06. The van der Waals surface area contributed by atoms with Crippen LogP contribution in [0.5, 0.6) is 0 Å². The lowest BCUT2D eigenvalue weighted by Crippen LogP contribution is -2.45. The van der Waals surface area contributed by atoms with E-state index in [4.69, 9.17) is 0 Å². The van der Waals surface area contributed by atoms with E-state index < -0.39 is 11.9 Å². The van der Waals surface area contributed by atoms with Crippen molar-refractivity contribution in [3.63, 3.8) is 0 Å². The summed E-state index contributed by atoms with van der Waals surface area (Å²) in [5, 5.41) is 9.34. The Labute approximate surface area is 121 Å². The summed E-state index contributed by atoms with van der Waals surface area (Å²) >= 11 is 0. The van der Waals surface area contributed by atoms with Gasteiger partial charge in [0.25, 0.3) is 0 Å². The molecule has 2 saturated carbocycles. The fraction of sp³-hybridized carbons (Fsp3) is 0.875. The van der Waals surface area contributed by atoms with Gasteiger partial charge in [-0.25, -0.2) is 0 Å². The molecule has 0 aliphatic heterocycles. The number of nitrogens with zero attached hydrogens (tertiary/aromatic N) is 1. The van der Waals surface area contributed by atoms with Crippen LogP contribution in [0.15, 0.2) is 0 Å². The molecule has 0 aromatic rings. The van der Waals surface area contributed by atoms with Crippen molar-refractivity contribution in [2.24, 2.45) is 17.8 Å². The van der Waals surface area contributed by atoms with Crippen molar-refractivity contribution >= 4 is 11.9 Å². The maximum absolute atomic E-state index is 12.8. The predicted octanol–water partition coefficient (Wildman–Crippen LogP) is 2.91. The number of aliphatic carboxylic acids is 1. The number of rotatable bonds is 4. The molecule has 1 N–H and O–H groups in total. The van der Waals surface area contributed by atoms with Crippen LogP contribution in [0.25, 0.3) is 0 Å². The Hall–Kier alpha value is -1.06. The lowest BCUT2D eigenvalue weighted by Gasteiger charge is -2.36. The number of carboxylic acids is 1. The fourth-order valence-corrected chi connectivity index (χ4v) is 4.04. The Morgan fingerprint density at radius 1 is 1.10 bits per heavy atom. The van der Waals surface area contributed by atoms with E-state index in [0.717, 1.165) is 19.3 Å². The largest absolute Gasteiger partial charge is 0.481 e. The van der Waals surface area contributed by atoms with Crippen LogP contribution in [0, 0.1) is 17.8 Å². The summed E-state index contributed by atoms with van der Waals surface area (Å²) in [7, 11) is 0. The standard InChI is InChI=1S/C16H27NO3/c1-3-17(12-7-5-4-6-8-12)15(18)13-9-11(2)10-14(13)16(19)20/h11-14H,3-10H2,1-2H3,(H,19,20)/t11?,13-,14+/m0/s1. The number of carboxylic acid groups (broad SMARTS) is 1. The van der Waals surface area contributed by atoms with Crippen LogP contribution in [0.2, 0.25) is 0 Å². The van der Waals surface area contributed by atoms with Crippen molar-refractivity contribution < 1.29 is 14.7 Å². The summed E-state index contributed by atoms with van der Waals surface area (Å²) in [6, 6.07) is 0.339. The normalized spacial score (nSPS) is 31.2. The first kappa shape index (κ1) is 15.3. The van der Waals surface area contributed by atoms with Gasteiger partial charge in [0.15, 0.2) is 0 Å². The molecule has 2 aliphatic rings. The van der Waals surface area contributed by atoms with E-state index in [1.165, 1.54) is 19.3 Å². The minimum atomic E-state index is -0.799. The van der Waals surface area contributed by atoms with Crippen LogP contribution in [0.4, 0.5) is 0 Å². The summed E-state index contributed by atoms with van der Waals surface area (Å²) in [4.78, 5) is 26.1. The highest BCUT2D eigenvalue weighted by Crippen LogP contribution is 2.38. The summed E-state index contributed by atoms with van der Waals surface area (Å²) < 4.78 is 0. The van der Waals surface area contributed by atoms with Gasteiger partial charge in [-0.05, 0) is 38.5 Å². The third-order valence-corrected chi connectivity index (χ3v) is 5.07. The van der Waals surface area contributed by atoms with Gasteiger partial charge >= 0.3 is 5.97 Å². The molecule has 20 heavy (non-hydrogen) atoms. The smallest absolute Gasteiger partial charge is 0.307 e. The highest BCUT2D eigenvalue weighted by molar-refractivity contribution is 5.85. The van der Waals surface area contributed by atoms with Crippen molar-refractivity contribution in [2.75, 3.05) is 6.54 Å². The zero-order valence-corrected chi connectivity index (χ0v) is 12.7. The lowest BCUT2D eigenvalue weighted by atomic mass is 9.90. The highest BCUT2D eigenvalue weighted by Gasteiger charge is 2.43. The average Bonchev–Trinajstić information content (AvgIpc) is 2.83. The van der Waals surface area contributed by atoms with Crippen molar-refractivity contribution in [3.8, 4) is 0 Å². The molecule has 4 heteroatoms. The minimum Gasteiger partial charge on any atom is -0.481 e. The van der Waals surface area contributed by atoms with E-state index in [1.807, 2.05) is 11.8 Å². The zero-order valence-electron chi connectivity index (χ0n) is 12.7. The van der Waals surface area contributed by atoms with Gasteiger partial charge < -0.3 is 10.0 Å². The summed E-state index contributed by atoms with van der Waals surface area (Å²) in [6.45, 7) is 4.78. The van der Waals surface area contributed by atoms with E-state index in [2.05, 4.69) is 6.92 Å². The molecule has 1 amide bonds. The molecule has 0 saturated heterocycles. The summed E-state index contributed by atoms with van der Waals surface area (Å²) in [5.41, 5.74) is 0. The molecule has 2 rings (SSSR count). The lowest BCUT2D eigenvalue weighted by molar-refractivity contribution is -0.150. The van der Waals surface area contributed by atoms with Gasteiger partial charge in [0.05, 0.1) is 11.8 Å². The molecule has 4 nitrogen and oxygen atoms in total. The maximum Gasteiger partial charge on any atom is 0.307 e. The van der Waals surface area contributed by atoms with Gasteiger partial charge in [0, 0.05) is 12.6 Å². The molecule has 0 heterocycles. The van der Waals surface area contributed by atoms with Crippen LogP contribution in [-0.4, -0.2) is 34.5 Å². The van der Waals surface area contributed by atoms with E-state index in [1.54, 1.807) is 0 Å². The second-order valence-electron chi connectivity index (χ2n) is 6.54. The Morgan fingerprint density at radius 3 is 2.25 bits per heavy atom. The predicted molar refractivity (Wildman–Crippen MR) is 77.3 cm³/mol. The number of carbonyl (C=O) groups is 2. The SMILES string of the molecule is CCN(C(=O)[C@H]1CC(C)C[C@H]1C(=O)O)C1CCCCC1. The van der Waals surface area contributed by atoms with Crippen molar-refractivity contribution in [1.82, 2.24) is 4.90 Å². The topological polar surface area (TPSA) is 57.6 Å². The van der Waals surface area contributed by atoms with Gasteiger partial charge in [0.2, 0.25) is 5.91 Å². The maximum atomic E-state index is 12.8. The van der Waals surface area contributed by atoms with Crippen LogP contribution < -0.4 is 0 Å². The molecule has 0 radical (unpaired) electrons. The van der Waals surface area contributed by atoms with Crippen LogP contribution in [-0.2, 0) is 9.59 Å². The highest BCUT2D eigenvalue weighted by atomic mass is 16.4. The van der Waals surface area contributed by atoms with Crippen LogP contribution in [0.3, 0.4) is 0 Å².